The predicted molar refractivity (Wildman–Crippen MR) is 48.2 cm³/mol. The van der Waals surface area contributed by atoms with Crippen molar-refractivity contribution in [1.82, 2.24) is 0 Å². The number of carboxylic acid groups (broad SMARTS) is 1. The van der Waals surface area contributed by atoms with Crippen LogP contribution in [0.1, 0.15) is 39.0 Å². The number of carbonyl (C=O) groups is 1. The van der Waals surface area contributed by atoms with Crippen molar-refractivity contribution in [2.75, 3.05) is 7.05 Å². The highest BCUT2D eigenvalue weighted by Crippen LogP contribution is 2.15. The molecule has 1 unspecified atom stereocenters. The molecule has 0 heterocycles. The van der Waals surface area contributed by atoms with Gasteiger partial charge in [0.2, 0.25) is 0 Å². The molecule has 1 fully saturated rings. The first-order chi connectivity index (χ1) is 6.13. The van der Waals surface area contributed by atoms with Crippen molar-refractivity contribution >= 4 is 5.97 Å². The van der Waals surface area contributed by atoms with E-state index < -0.39 is 5.97 Å². The molecule has 0 aromatic heterocycles. The first-order valence-corrected chi connectivity index (χ1v) is 5.17. The highest BCUT2D eigenvalue weighted by atomic mass is 16.4. The number of quaternary nitrogens is 1. The van der Waals surface area contributed by atoms with Crippen LogP contribution in [-0.2, 0) is 4.79 Å². The van der Waals surface area contributed by atoms with Crippen LogP contribution in [-0.4, -0.2) is 25.1 Å². The smallest absolute Gasteiger partial charge is 0.125 e. The van der Waals surface area contributed by atoms with E-state index in [2.05, 4.69) is 0 Å². The normalized spacial score (nSPS) is 23.8. The summed E-state index contributed by atoms with van der Waals surface area (Å²) in [6.45, 7) is 1.74. The third kappa shape index (κ3) is 2.69. The number of nitrogens with one attached hydrogen (secondary N) is 1. The monoisotopic (exact) mass is 185 g/mol. The van der Waals surface area contributed by atoms with E-state index in [0.29, 0.717) is 6.04 Å². The Bertz CT molecular complexity index is 176. The third-order valence-electron chi connectivity index (χ3n) is 3.29. The minimum absolute atomic E-state index is 0.372. The van der Waals surface area contributed by atoms with Gasteiger partial charge in [0.05, 0.1) is 19.1 Å². The minimum Gasteiger partial charge on any atom is -0.544 e. The van der Waals surface area contributed by atoms with E-state index in [4.69, 9.17) is 0 Å². The minimum atomic E-state index is -0.928. The van der Waals surface area contributed by atoms with Crippen molar-refractivity contribution in [2.45, 2.75) is 51.1 Å². The standard InChI is InChI=1S/C10H19NO2/c1-8(10(12)13)11(2)9-6-4-3-5-7-9/h8-9H,3-7H2,1-2H3,(H,12,13)/t8-/m1/s1. The van der Waals surface area contributed by atoms with Gasteiger partial charge in [0.25, 0.3) is 0 Å². The maximum absolute atomic E-state index is 10.7. The van der Waals surface area contributed by atoms with Crippen molar-refractivity contribution in [3.05, 3.63) is 0 Å². The van der Waals surface area contributed by atoms with Gasteiger partial charge in [-0.1, -0.05) is 6.42 Å². The van der Waals surface area contributed by atoms with Gasteiger partial charge < -0.3 is 14.8 Å². The number of aliphatic carboxylic acids is 1. The van der Waals surface area contributed by atoms with Crippen LogP contribution >= 0.6 is 0 Å². The molecule has 1 saturated carbocycles. The summed E-state index contributed by atoms with van der Waals surface area (Å²) in [6, 6.07) is 0.157. The Balaban J connectivity index is 2.44. The fourth-order valence-corrected chi connectivity index (χ4v) is 2.10. The van der Waals surface area contributed by atoms with Gasteiger partial charge in [0, 0.05) is 0 Å². The predicted octanol–water partition coefficient (Wildman–Crippen LogP) is -1.03. The van der Waals surface area contributed by atoms with Crippen molar-refractivity contribution < 1.29 is 14.8 Å². The molecule has 0 aliphatic heterocycles. The maximum atomic E-state index is 10.7. The van der Waals surface area contributed by atoms with Crippen LogP contribution in [0.3, 0.4) is 0 Å². The van der Waals surface area contributed by atoms with E-state index in [1.807, 2.05) is 7.05 Å². The third-order valence-corrected chi connectivity index (χ3v) is 3.29. The molecule has 0 saturated heterocycles. The highest BCUT2D eigenvalue weighted by molar-refractivity contribution is 5.68. The molecule has 2 atom stereocenters. The molecule has 0 radical (unpaired) electrons. The van der Waals surface area contributed by atoms with Gasteiger partial charge in [-0.3, -0.25) is 0 Å². The maximum Gasteiger partial charge on any atom is 0.125 e. The lowest BCUT2D eigenvalue weighted by Gasteiger charge is -2.32. The SMILES string of the molecule is C[C@H](C(=O)[O-])[NH+](C)C1CCCCC1. The fourth-order valence-electron chi connectivity index (χ4n) is 2.10. The van der Waals surface area contributed by atoms with Gasteiger partial charge in [-0.05, 0) is 32.6 Å². The molecule has 3 heteroatoms. The zero-order valence-electron chi connectivity index (χ0n) is 8.51. The summed E-state index contributed by atoms with van der Waals surface area (Å²) in [5, 5.41) is 10.7. The lowest BCUT2D eigenvalue weighted by molar-refractivity contribution is -0.923. The van der Waals surface area contributed by atoms with E-state index in [-0.39, 0.29) is 6.04 Å². The van der Waals surface area contributed by atoms with E-state index in [0.717, 1.165) is 4.90 Å². The molecule has 0 spiro atoms. The molecule has 1 rings (SSSR count). The van der Waals surface area contributed by atoms with Crippen molar-refractivity contribution in [2.24, 2.45) is 0 Å². The van der Waals surface area contributed by atoms with Crippen molar-refractivity contribution in [3.63, 3.8) is 0 Å². The Morgan fingerprint density at radius 2 is 1.92 bits per heavy atom. The number of carboxylic acids is 1. The van der Waals surface area contributed by atoms with Gasteiger partial charge in [-0.15, -0.1) is 0 Å². The van der Waals surface area contributed by atoms with E-state index in [1.54, 1.807) is 6.92 Å². The molecule has 1 aliphatic rings. The van der Waals surface area contributed by atoms with Crippen LogP contribution in [0.2, 0.25) is 0 Å². The van der Waals surface area contributed by atoms with Gasteiger partial charge in [0.1, 0.15) is 6.04 Å². The largest absolute Gasteiger partial charge is 0.544 e. The van der Waals surface area contributed by atoms with Gasteiger partial charge in [0.15, 0.2) is 0 Å². The summed E-state index contributed by atoms with van der Waals surface area (Å²) in [5.41, 5.74) is 0. The second-order valence-corrected chi connectivity index (χ2v) is 4.12. The molecule has 1 N–H and O–H groups in total. The molecular formula is C10H19NO2. The molecule has 0 bridgehead atoms. The Morgan fingerprint density at radius 3 is 2.38 bits per heavy atom. The van der Waals surface area contributed by atoms with Crippen LogP contribution in [0.5, 0.6) is 0 Å². The zero-order chi connectivity index (χ0) is 9.84. The van der Waals surface area contributed by atoms with E-state index in [1.165, 1.54) is 32.1 Å². The average molecular weight is 185 g/mol. The Kier molecular flexibility index (Phi) is 3.72. The number of rotatable bonds is 3. The molecule has 0 aromatic carbocycles. The zero-order valence-corrected chi connectivity index (χ0v) is 8.51. The molecule has 76 valence electrons. The molecule has 3 nitrogen and oxygen atoms in total. The summed E-state index contributed by atoms with van der Waals surface area (Å²) < 4.78 is 0. The average Bonchev–Trinajstić information content (AvgIpc) is 2.17. The quantitative estimate of drug-likeness (QED) is 0.611. The van der Waals surface area contributed by atoms with Crippen LogP contribution < -0.4 is 10.0 Å². The summed E-state index contributed by atoms with van der Waals surface area (Å²) in [6.07, 6.45) is 6.15. The van der Waals surface area contributed by atoms with E-state index >= 15 is 0 Å². The first-order valence-electron chi connectivity index (χ1n) is 5.17. The van der Waals surface area contributed by atoms with Gasteiger partial charge in [-0.2, -0.15) is 0 Å². The highest BCUT2D eigenvalue weighted by Gasteiger charge is 2.25. The summed E-state index contributed by atoms with van der Waals surface area (Å²) in [7, 11) is 1.97. The van der Waals surface area contributed by atoms with Crippen LogP contribution in [0, 0.1) is 0 Å². The van der Waals surface area contributed by atoms with Crippen molar-refractivity contribution in [1.29, 1.82) is 0 Å². The Morgan fingerprint density at radius 1 is 1.38 bits per heavy atom. The fraction of sp³-hybridized carbons (Fsp3) is 0.900. The molecule has 1 aliphatic carbocycles. The van der Waals surface area contributed by atoms with E-state index in [9.17, 15) is 9.90 Å². The summed E-state index contributed by atoms with van der Waals surface area (Å²) in [4.78, 5) is 11.8. The second-order valence-electron chi connectivity index (χ2n) is 4.12. The van der Waals surface area contributed by atoms with Crippen LogP contribution in [0.25, 0.3) is 0 Å². The van der Waals surface area contributed by atoms with Gasteiger partial charge in [-0.25, -0.2) is 0 Å². The van der Waals surface area contributed by atoms with Crippen LogP contribution in [0.15, 0.2) is 0 Å². The number of likely N-dealkylation sites (N-methyl/N-ethyl adjacent to an activating group) is 1. The van der Waals surface area contributed by atoms with Crippen molar-refractivity contribution in [3.8, 4) is 0 Å². The lowest BCUT2D eigenvalue weighted by Crippen LogP contribution is -3.17. The first kappa shape index (κ1) is 10.5. The molecule has 0 aromatic rings. The Hall–Kier alpha value is -0.570. The molecule has 13 heavy (non-hydrogen) atoms. The second kappa shape index (κ2) is 4.61. The molecular weight excluding hydrogens is 166 g/mol. The van der Waals surface area contributed by atoms with Crippen LogP contribution in [0.4, 0.5) is 0 Å². The number of hydrogen-bond donors (Lipinski definition) is 1. The summed E-state index contributed by atoms with van der Waals surface area (Å²) in [5.74, 6) is -0.928. The number of hydrogen-bond acceptors (Lipinski definition) is 2. The Labute approximate surface area is 79.7 Å². The van der Waals surface area contributed by atoms with Gasteiger partial charge >= 0.3 is 0 Å². The topological polar surface area (TPSA) is 44.6 Å². The number of carbonyl (C=O) groups excluding carboxylic acids is 1. The lowest BCUT2D eigenvalue weighted by atomic mass is 9.94. The summed E-state index contributed by atoms with van der Waals surface area (Å²) >= 11 is 0. The molecule has 0 amide bonds.